The smallest absolute Gasteiger partial charge is 0.0534 e. The molecular formula is C87H110N4. The van der Waals surface area contributed by atoms with E-state index in [9.17, 15) is 0 Å². The molecule has 0 bridgehead atoms. The van der Waals surface area contributed by atoms with Crippen LogP contribution in [-0.2, 0) is 6.42 Å². The maximum Gasteiger partial charge on any atom is 0.0534 e. The minimum Gasteiger partial charge on any atom is -0.381 e. The van der Waals surface area contributed by atoms with E-state index < -0.39 is 0 Å². The predicted molar refractivity (Wildman–Crippen MR) is 411 cm³/mol. The fraction of sp³-hybridized carbons (Fsp3) is 0.253. The predicted octanol–water partition coefficient (Wildman–Crippen LogP) is 22.8. The third-order valence-corrected chi connectivity index (χ3v) is 14.1. The average molecular weight is 1210 g/mol. The van der Waals surface area contributed by atoms with Crippen LogP contribution in [0.3, 0.4) is 0 Å². The van der Waals surface area contributed by atoms with Gasteiger partial charge in [0.05, 0.1) is 5.35 Å². The number of nitrogens with zero attached hydrogens (tertiary/aromatic N) is 3. The van der Waals surface area contributed by atoms with Gasteiger partial charge >= 0.3 is 0 Å². The minimum absolute atomic E-state index is 0.0430. The van der Waals surface area contributed by atoms with E-state index in [1.165, 1.54) is 38.8 Å². The van der Waals surface area contributed by atoms with Gasteiger partial charge in [-0.1, -0.05) is 236 Å². The summed E-state index contributed by atoms with van der Waals surface area (Å²) in [6, 6.07) is 25.7. The Morgan fingerprint density at radius 3 is 2.16 bits per heavy atom. The maximum atomic E-state index is 4.80. The second kappa shape index (κ2) is 46.6. The first-order chi connectivity index (χ1) is 44.1. The van der Waals surface area contributed by atoms with Gasteiger partial charge in [-0.15, -0.1) is 25.2 Å². The van der Waals surface area contributed by atoms with Crippen LogP contribution in [0.1, 0.15) is 139 Å². The van der Waals surface area contributed by atoms with E-state index in [1.807, 2.05) is 91.0 Å². The molecule has 0 radical (unpaired) electrons. The van der Waals surface area contributed by atoms with Crippen LogP contribution in [0, 0.1) is 26.7 Å². The molecule has 0 aliphatic heterocycles. The SMILES string of the molecule is C#C.C=C/C=C\c1c(C)c2c(n1C(=C)/C=C(\C)N(c1cccc(CC)c1)c1ccccccccc1C)=CC=C(N(C(=C/C)/C1=C/C=C=CC/C=C\1C=C)C(C)/C=C\C=C(C)C)CC=2.C=C1C/C(=C\C=C/C)C=CC=C1NC/C=C(C)\C=C/C.C=CC.CC.CC. The molecule has 0 saturated heterocycles. The van der Waals surface area contributed by atoms with E-state index in [4.69, 9.17) is 6.58 Å². The Labute approximate surface area is 554 Å². The number of hydrogen-bond acceptors (Lipinski definition) is 3. The Morgan fingerprint density at radius 1 is 0.835 bits per heavy atom. The molecule has 91 heavy (non-hydrogen) atoms. The number of aryl methyl sites for hydroxylation is 2. The standard InChI is InChI=1S/C59H65N3.C19H25N.C3H6.2C2H6.C2H2/c1-12-16-36-58-49(11)54-40-38-52(60(46(8)31-27-29-44(5)6)56(15-4)55-35-25-22-21-24-33-51(55)14-3)39-41-59(54)62(58)48(10)42-47(9)61(53-34-28-32-50(13-2)43-53)57-37-26-20-18-17-19-23-30-45(57)7;1-5-7-10-18-11-8-12-19(17(4)15-18)20-14-13-16(3)9-6-2;1-3-2;3*1-2/h12,14-21,23,25-37,39-43,46H,1,3,10,13,24,38H2,2,4-9,11H3;5-13,20H,4,14-15H2,1-3H3;3H,1H2,2H3;2*1-2H3;1-2H/b18-17?,19-17?,20-18?,23-19?,26-20?,30-23?,31-27-,36-16-,37-26?,45-30?,47-42+,51-33-,55-35+,56-15+,57-37?,57-45?;7-5-,9-6-,16-13-,18-10-;;;;. The van der Waals surface area contributed by atoms with Crippen LogP contribution in [-0.4, -0.2) is 22.1 Å². The van der Waals surface area contributed by atoms with Crippen LogP contribution in [0.4, 0.5) is 11.4 Å². The van der Waals surface area contributed by atoms with Crippen molar-refractivity contribution in [1.82, 2.24) is 14.8 Å². The van der Waals surface area contributed by atoms with Crippen molar-refractivity contribution in [2.24, 2.45) is 0 Å². The van der Waals surface area contributed by atoms with Crippen molar-refractivity contribution in [3.8, 4) is 12.8 Å². The van der Waals surface area contributed by atoms with Gasteiger partial charge in [0.1, 0.15) is 0 Å². The number of rotatable bonds is 20. The van der Waals surface area contributed by atoms with Gasteiger partial charge in [0.15, 0.2) is 0 Å². The molecule has 4 heteroatoms. The number of anilines is 2. The fourth-order valence-electron chi connectivity index (χ4n) is 9.95. The summed E-state index contributed by atoms with van der Waals surface area (Å²) in [4.78, 5) is 4.82. The highest BCUT2D eigenvalue weighted by Crippen LogP contribution is 2.35. The quantitative estimate of drug-likeness (QED) is 0.0528. The summed E-state index contributed by atoms with van der Waals surface area (Å²) in [5.74, 6) is 0. The molecule has 1 N–H and O–H groups in total. The fourth-order valence-corrected chi connectivity index (χ4v) is 9.95. The van der Waals surface area contributed by atoms with Crippen molar-refractivity contribution < 1.29 is 0 Å². The van der Waals surface area contributed by atoms with Crippen molar-refractivity contribution >= 4 is 35.3 Å². The Kier molecular flexibility index (Phi) is 40.7. The zero-order valence-corrected chi connectivity index (χ0v) is 58.6. The zero-order valence-electron chi connectivity index (χ0n) is 58.6. The van der Waals surface area contributed by atoms with Crippen molar-refractivity contribution in [3.63, 3.8) is 0 Å². The Morgan fingerprint density at radius 2 is 1.53 bits per heavy atom. The summed E-state index contributed by atoms with van der Waals surface area (Å²) in [6.45, 7) is 54.9. The van der Waals surface area contributed by atoms with Gasteiger partial charge in [0.25, 0.3) is 0 Å². The minimum atomic E-state index is 0.0430. The summed E-state index contributed by atoms with van der Waals surface area (Å²) < 4.78 is 2.30. The van der Waals surface area contributed by atoms with Gasteiger partial charge < -0.3 is 19.7 Å². The van der Waals surface area contributed by atoms with Crippen LogP contribution in [0.5, 0.6) is 0 Å². The average Bonchev–Trinajstić information content (AvgIpc) is 1.65. The monoisotopic (exact) mass is 1210 g/mol. The largest absolute Gasteiger partial charge is 0.381 e. The van der Waals surface area contributed by atoms with Crippen molar-refractivity contribution in [2.75, 3.05) is 11.4 Å². The number of nitrogens with one attached hydrogen (secondary N) is 1. The van der Waals surface area contributed by atoms with Crippen LogP contribution >= 0.6 is 0 Å². The van der Waals surface area contributed by atoms with E-state index >= 15 is 0 Å². The lowest BCUT2D eigenvalue weighted by atomic mass is 9.96. The number of allylic oxidation sites excluding steroid dienone is 28. The Bertz CT molecular complexity index is 3630. The second-order valence-electron chi connectivity index (χ2n) is 21.0. The summed E-state index contributed by atoms with van der Waals surface area (Å²) in [5, 5.41) is 5.71. The van der Waals surface area contributed by atoms with Crippen molar-refractivity contribution in [2.45, 2.75) is 143 Å². The zero-order chi connectivity index (χ0) is 68.1. The van der Waals surface area contributed by atoms with Crippen LogP contribution in [0.2, 0.25) is 0 Å². The van der Waals surface area contributed by atoms with Gasteiger partial charge in [-0.25, -0.2) is 0 Å². The molecule has 3 aliphatic rings. The first-order valence-electron chi connectivity index (χ1n) is 32.2. The molecule has 0 amide bonds. The van der Waals surface area contributed by atoms with Gasteiger partial charge in [-0.3, -0.25) is 0 Å². The third-order valence-electron chi connectivity index (χ3n) is 14.1. The molecule has 1 unspecified atom stereocenters. The summed E-state index contributed by atoms with van der Waals surface area (Å²) in [7, 11) is 0. The highest BCUT2D eigenvalue weighted by molar-refractivity contribution is 5.75. The normalized spacial score (nSPS) is 15.4. The highest BCUT2D eigenvalue weighted by atomic mass is 15.2. The van der Waals surface area contributed by atoms with Crippen molar-refractivity contribution in [3.05, 3.63) is 340 Å². The summed E-state index contributed by atoms with van der Waals surface area (Å²) in [5.41, 5.74) is 22.7. The van der Waals surface area contributed by atoms with Crippen LogP contribution < -0.4 is 20.8 Å². The number of hydrogen-bond donors (Lipinski definition) is 1. The number of aromatic nitrogens is 1. The molecule has 3 aromatic rings. The lowest BCUT2D eigenvalue weighted by Gasteiger charge is -2.35. The van der Waals surface area contributed by atoms with E-state index in [-0.39, 0.29) is 6.04 Å². The van der Waals surface area contributed by atoms with E-state index in [0.717, 1.165) is 99.7 Å². The van der Waals surface area contributed by atoms with E-state index in [1.54, 1.807) is 6.08 Å². The Hall–Kier alpha value is -9.52. The van der Waals surface area contributed by atoms with Gasteiger partial charge in [0, 0.05) is 70.1 Å². The maximum absolute atomic E-state index is 4.80. The third kappa shape index (κ3) is 26.2. The highest BCUT2D eigenvalue weighted by Gasteiger charge is 2.24. The molecule has 0 fully saturated rings. The molecule has 478 valence electrons. The van der Waals surface area contributed by atoms with Crippen LogP contribution in [0.15, 0.2) is 307 Å². The molecule has 0 saturated carbocycles. The molecule has 4 nitrogen and oxygen atoms in total. The molecule has 1 heterocycles. The Balaban J connectivity index is 0.00000119. The molecule has 6 rings (SSSR count). The number of terminal acetylenes is 1. The van der Waals surface area contributed by atoms with Gasteiger partial charge in [-0.2, -0.15) is 0 Å². The molecular weight excluding hydrogens is 1100 g/mol. The molecule has 0 spiro atoms. The summed E-state index contributed by atoms with van der Waals surface area (Å²) >= 11 is 0. The number of fused-ring (bicyclic) bond motifs is 1. The first kappa shape index (κ1) is 79.5. The molecule has 1 atom stereocenters. The number of benzene rings is 1. The second-order valence-corrected chi connectivity index (χ2v) is 21.0. The van der Waals surface area contributed by atoms with E-state index in [2.05, 4.69) is 309 Å². The van der Waals surface area contributed by atoms with Gasteiger partial charge in [-0.05, 0) is 201 Å². The van der Waals surface area contributed by atoms with E-state index in [0.29, 0.717) is 0 Å². The lowest BCUT2D eigenvalue weighted by molar-refractivity contribution is 0.384. The molecule has 1 aromatic heterocycles. The van der Waals surface area contributed by atoms with Crippen LogP contribution in [0.25, 0.3) is 23.9 Å². The summed E-state index contributed by atoms with van der Waals surface area (Å²) in [6.07, 6.45) is 66.4. The molecule has 2 aromatic carbocycles. The van der Waals surface area contributed by atoms with Crippen molar-refractivity contribution in [1.29, 1.82) is 0 Å². The topological polar surface area (TPSA) is 23.4 Å². The first-order valence-corrected chi connectivity index (χ1v) is 32.2. The lowest BCUT2D eigenvalue weighted by Crippen LogP contribution is -2.31. The molecule has 3 aliphatic carbocycles. The van der Waals surface area contributed by atoms with Gasteiger partial charge in [0.2, 0.25) is 0 Å².